The predicted molar refractivity (Wildman–Crippen MR) is 83.3 cm³/mol. The minimum atomic E-state index is 0.277. The van der Waals surface area contributed by atoms with Crippen molar-refractivity contribution >= 4 is 0 Å². The first-order valence-corrected chi connectivity index (χ1v) is 7.11. The molecular formula is C17H23N3. The number of hydrogen-bond acceptors (Lipinski definition) is 3. The van der Waals surface area contributed by atoms with Gasteiger partial charge in [0.25, 0.3) is 0 Å². The molecule has 2 aromatic rings. The Labute approximate surface area is 121 Å². The van der Waals surface area contributed by atoms with Crippen LogP contribution >= 0.6 is 0 Å². The maximum absolute atomic E-state index is 5.68. The Bertz CT molecular complexity index is 537. The molecule has 0 aliphatic rings. The van der Waals surface area contributed by atoms with Crippen LogP contribution in [0.15, 0.2) is 42.6 Å². The highest BCUT2D eigenvalue weighted by Gasteiger charge is 2.09. The van der Waals surface area contributed by atoms with Gasteiger partial charge < -0.3 is 0 Å². The molecule has 106 valence electrons. The number of nitrogens with one attached hydrogen (secondary N) is 1. The molecule has 0 aliphatic carbocycles. The van der Waals surface area contributed by atoms with Crippen molar-refractivity contribution < 1.29 is 0 Å². The highest BCUT2D eigenvalue weighted by Crippen LogP contribution is 2.13. The molecule has 1 unspecified atom stereocenters. The number of nitrogens with zero attached hydrogens (tertiary/aromatic N) is 1. The lowest BCUT2D eigenvalue weighted by molar-refractivity contribution is 0.489. The van der Waals surface area contributed by atoms with Crippen molar-refractivity contribution in [3.63, 3.8) is 0 Å². The third-order valence-electron chi connectivity index (χ3n) is 3.76. The number of aryl methyl sites for hydroxylation is 3. The van der Waals surface area contributed by atoms with Crippen LogP contribution in [0.1, 0.15) is 28.8 Å². The second-order valence-electron chi connectivity index (χ2n) is 5.35. The second-order valence-corrected chi connectivity index (χ2v) is 5.35. The van der Waals surface area contributed by atoms with Gasteiger partial charge in [-0.1, -0.05) is 24.3 Å². The number of rotatable bonds is 6. The fraction of sp³-hybridized carbons (Fsp3) is 0.353. The molecule has 1 atom stereocenters. The second kappa shape index (κ2) is 7.17. The molecule has 2 rings (SSSR count). The molecule has 0 amide bonds. The third kappa shape index (κ3) is 4.15. The van der Waals surface area contributed by atoms with Gasteiger partial charge in [0.2, 0.25) is 0 Å². The lowest BCUT2D eigenvalue weighted by Gasteiger charge is -2.16. The van der Waals surface area contributed by atoms with E-state index in [0.717, 1.165) is 25.0 Å². The minimum Gasteiger partial charge on any atom is -0.271 e. The minimum absolute atomic E-state index is 0.277. The van der Waals surface area contributed by atoms with Gasteiger partial charge in [0.1, 0.15) is 0 Å². The number of pyridine rings is 1. The van der Waals surface area contributed by atoms with E-state index >= 15 is 0 Å². The maximum atomic E-state index is 5.68. The van der Waals surface area contributed by atoms with E-state index in [9.17, 15) is 0 Å². The van der Waals surface area contributed by atoms with E-state index in [1.165, 1.54) is 16.7 Å². The molecule has 0 bridgehead atoms. The molecule has 1 aromatic heterocycles. The van der Waals surface area contributed by atoms with Crippen molar-refractivity contribution in [3.8, 4) is 0 Å². The maximum Gasteiger partial charge on any atom is 0.0404 e. The lowest BCUT2D eigenvalue weighted by Crippen LogP contribution is -2.37. The molecule has 1 heterocycles. The molecule has 0 aliphatic heterocycles. The van der Waals surface area contributed by atoms with Crippen molar-refractivity contribution in [3.05, 3.63) is 65.0 Å². The van der Waals surface area contributed by atoms with Crippen LogP contribution in [-0.4, -0.2) is 11.0 Å². The van der Waals surface area contributed by atoms with Gasteiger partial charge in [0.05, 0.1) is 0 Å². The quantitative estimate of drug-likeness (QED) is 0.626. The zero-order chi connectivity index (χ0) is 14.4. The van der Waals surface area contributed by atoms with E-state index in [1.54, 1.807) is 0 Å². The van der Waals surface area contributed by atoms with E-state index in [2.05, 4.69) is 48.5 Å². The summed E-state index contributed by atoms with van der Waals surface area (Å²) in [6.07, 6.45) is 4.72. The van der Waals surface area contributed by atoms with Crippen molar-refractivity contribution in [2.75, 3.05) is 0 Å². The fourth-order valence-corrected chi connectivity index (χ4v) is 2.33. The zero-order valence-corrected chi connectivity index (χ0v) is 12.3. The summed E-state index contributed by atoms with van der Waals surface area (Å²) in [7, 11) is 0. The standard InChI is InChI=1S/C17H23N3/c1-13-6-7-15(11-14(13)2)12-17(20-18)9-8-16-5-3-4-10-19-16/h3-7,10-11,17,20H,8-9,12,18H2,1-2H3. The summed E-state index contributed by atoms with van der Waals surface area (Å²) < 4.78 is 0. The van der Waals surface area contributed by atoms with E-state index in [-0.39, 0.29) is 6.04 Å². The summed E-state index contributed by atoms with van der Waals surface area (Å²) in [6.45, 7) is 4.29. The van der Waals surface area contributed by atoms with Crippen LogP contribution in [-0.2, 0) is 12.8 Å². The molecule has 0 radical (unpaired) electrons. The van der Waals surface area contributed by atoms with E-state index < -0.39 is 0 Å². The summed E-state index contributed by atoms with van der Waals surface area (Å²) in [4.78, 5) is 4.35. The SMILES string of the molecule is Cc1ccc(CC(CCc2ccccn2)NN)cc1C. The predicted octanol–water partition coefficient (Wildman–Crippen LogP) is 2.71. The number of hydrazine groups is 1. The van der Waals surface area contributed by atoms with Crippen molar-refractivity contribution in [1.82, 2.24) is 10.4 Å². The summed E-state index contributed by atoms with van der Waals surface area (Å²) in [6, 6.07) is 12.9. The Balaban J connectivity index is 1.93. The van der Waals surface area contributed by atoms with Gasteiger partial charge in [-0.05, 0) is 61.9 Å². The summed E-state index contributed by atoms with van der Waals surface area (Å²) in [5, 5.41) is 0. The first kappa shape index (κ1) is 14.7. The van der Waals surface area contributed by atoms with Gasteiger partial charge >= 0.3 is 0 Å². The smallest absolute Gasteiger partial charge is 0.0404 e. The first-order valence-electron chi connectivity index (χ1n) is 7.11. The van der Waals surface area contributed by atoms with Crippen LogP contribution in [0.5, 0.6) is 0 Å². The Morgan fingerprint density at radius 1 is 1.15 bits per heavy atom. The average molecular weight is 269 g/mol. The van der Waals surface area contributed by atoms with Gasteiger partial charge in [-0.15, -0.1) is 0 Å². The van der Waals surface area contributed by atoms with Crippen LogP contribution in [0.3, 0.4) is 0 Å². The molecule has 0 saturated carbocycles. The Hall–Kier alpha value is -1.71. The molecular weight excluding hydrogens is 246 g/mol. The van der Waals surface area contributed by atoms with Crippen molar-refractivity contribution in [2.45, 2.75) is 39.2 Å². The van der Waals surface area contributed by atoms with E-state index in [0.29, 0.717) is 0 Å². The molecule has 3 heteroatoms. The van der Waals surface area contributed by atoms with Gasteiger partial charge in [-0.3, -0.25) is 16.3 Å². The highest BCUT2D eigenvalue weighted by atomic mass is 15.2. The van der Waals surface area contributed by atoms with Gasteiger partial charge in [-0.2, -0.15) is 0 Å². The number of aromatic nitrogens is 1. The number of hydrogen-bond donors (Lipinski definition) is 2. The summed E-state index contributed by atoms with van der Waals surface area (Å²) in [5.74, 6) is 5.68. The van der Waals surface area contributed by atoms with Gasteiger partial charge in [-0.25, -0.2) is 0 Å². The Kier molecular flexibility index (Phi) is 5.27. The monoisotopic (exact) mass is 269 g/mol. The Morgan fingerprint density at radius 2 is 2.00 bits per heavy atom. The van der Waals surface area contributed by atoms with Crippen LogP contribution in [0, 0.1) is 13.8 Å². The number of benzene rings is 1. The van der Waals surface area contributed by atoms with Crippen molar-refractivity contribution in [2.24, 2.45) is 5.84 Å². The molecule has 0 saturated heterocycles. The summed E-state index contributed by atoms with van der Waals surface area (Å²) in [5.41, 5.74) is 8.05. The molecule has 1 aromatic carbocycles. The van der Waals surface area contributed by atoms with Crippen LogP contribution in [0.2, 0.25) is 0 Å². The molecule has 20 heavy (non-hydrogen) atoms. The van der Waals surface area contributed by atoms with Crippen molar-refractivity contribution in [1.29, 1.82) is 0 Å². The molecule has 3 nitrogen and oxygen atoms in total. The van der Waals surface area contributed by atoms with E-state index in [1.807, 2.05) is 18.3 Å². The van der Waals surface area contributed by atoms with Crippen LogP contribution < -0.4 is 11.3 Å². The van der Waals surface area contributed by atoms with Crippen LogP contribution in [0.25, 0.3) is 0 Å². The molecule has 3 N–H and O–H groups in total. The molecule has 0 spiro atoms. The van der Waals surface area contributed by atoms with Gasteiger partial charge in [0, 0.05) is 17.9 Å². The van der Waals surface area contributed by atoms with E-state index in [4.69, 9.17) is 5.84 Å². The summed E-state index contributed by atoms with van der Waals surface area (Å²) >= 11 is 0. The topological polar surface area (TPSA) is 50.9 Å². The lowest BCUT2D eigenvalue weighted by atomic mass is 9.98. The largest absolute Gasteiger partial charge is 0.271 e. The highest BCUT2D eigenvalue weighted by molar-refractivity contribution is 5.30. The zero-order valence-electron chi connectivity index (χ0n) is 12.3. The first-order chi connectivity index (χ1) is 9.69. The third-order valence-corrected chi connectivity index (χ3v) is 3.76. The molecule has 0 fully saturated rings. The van der Waals surface area contributed by atoms with Crippen LogP contribution in [0.4, 0.5) is 0 Å². The average Bonchev–Trinajstić information content (AvgIpc) is 2.48. The number of nitrogens with two attached hydrogens (primary N) is 1. The van der Waals surface area contributed by atoms with Gasteiger partial charge in [0.15, 0.2) is 0 Å². The fourth-order valence-electron chi connectivity index (χ4n) is 2.33. The normalized spacial score (nSPS) is 12.3. The Morgan fingerprint density at radius 3 is 2.65 bits per heavy atom.